The summed E-state index contributed by atoms with van der Waals surface area (Å²) in [5.74, 6) is -0.455. The van der Waals surface area contributed by atoms with Crippen molar-refractivity contribution in [2.45, 2.75) is 24.9 Å². The number of rotatable bonds is 5. The number of ether oxygens (including phenoxy) is 1. The average Bonchev–Trinajstić information content (AvgIpc) is 2.48. The molecule has 1 aliphatic rings. The molecule has 1 aromatic carbocycles. The highest BCUT2D eigenvalue weighted by atomic mass is 19.1. The van der Waals surface area contributed by atoms with Crippen molar-refractivity contribution in [1.29, 1.82) is 0 Å². The summed E-state index contributed by atoms with van der Waals surface area (Å²) >= 11 is 0. The van der Waals surface area contributed by atoms with Crippen molar-refractivity contribution in [2.24, 2.45) is 5.73 Å². The first-order chi connectivity index (χ1) is 10.1. The van der Waals surface area contributed by atoms with Gasteiger partial charge in [-0.3, -0.25) is 4.79 Å². The van der Waals surface area contributed by atoms with Crippen molar-refractivity contribution in [1.82, 2.24) is 5.32 Å². The Kier molecular flexibility index (Phi) is 5.52. The molecule has 1 heterocycles. The van der Waals surface area contributed by atoms with Gasteiger partial charge in [0.15, 0.2) is 0 Å². The third-order valence-corrected chi connectivity index (χ3v) is 3.62. The Morgan fingerprint density at radius 2 is 2.43 bits per heavy atom. The molecule has 6 heteroatoms. The maximum Gasteiger partial charge on any atom is 0.239 e. The number of nitrogens with zero attached hydrogens (tertiary/aromatic N) is 1. The van der Waals surface area contributed by atoms with Crippen LogP contribution in [0.5, 0.6) is 0 Å². The topological polar surface area (TPSA) is 67.6 Å². The number of methoxy groups -OCH3 is 1. The Labute approximate surface area is 124 Å². The van der Waals surface area contributed by atoms with Crippen molar-refractivity contribution in [3.63, 3.8) is 0 Å². The van der Waals surface area contributed by atoms with Crippen molar-refractivity contribution in [3.8, 4) is 0 Å². The molecule has 2 unspecified atom stereocenters. The lowest BCUT2D eigenvalue weighted by Gasteiger charge is -2.35. The molecule has 1 saturated heterocycles. The van der Waals surface area contributed by atoms with Gasteiger partial charge in [-0.1, -0.05) is 6.07 Å². The third kappa shape index (κ3) is 4.41. The fourth-order valence-electron chi connectivity index (χ4n) is 2.57. The molecule has 0 saturated carbocycles. The standard InChI is InChI=1S/C15H22FN3O2/c1-21-10-14(17)15(20)18-12-5-3-7-19(9-12)13-6-2-4-11(16)8-13/h2,4,6,8,12,14H,3,5,7,9-10,17H2,1H3,(H,18,20). The number of halogens is 1. The molecule has 0 spiro atoms. The number of hydrogen-bond acceptors (Lipinski definition) is 4. The summed E-state index contributed by atoms with van der Waals surface area (Å²) in [6, 6.07) is 5.89. The Hall–Kier alpha value is -1.66. The zero-order valence-corrected chi connectivity index (χ0v) is 12.2. The van der Waals surface area contributed by atoms with Crippen LogP contribution in [0.25, 0.3) is 0 Å². The predicted octanol–water partition coefficient (Wildman–Crippen LogP) is 0.884. The first-order valence-corrected chi connectivity index (χ1v) is 7.15. The number of amides is 1. The molecule has 1 aromatic rings. The van der Waals surface area contributed by atoms with E-state index in [0.29, 0.717) is 6.54 Å². The number of piperidine rings is 1. The van der Waals surface area contributed by atoms with E-state index in [1.54, 1.807) is 6.07 Å². The van der Waals surface area contributed by atoms with Gasteiger partial charge in [-0.15, -0.1) is 0 Å². The molecular formula is C15H22FN3O2. The number of carbonyl (C=O) groups is 1. The largest absolute Gasteiger partial charge is 0.383 e. The molecule has 5 nitrogen and oxygen atoms in total. The van der Waals surface area contributed by atoms with Gasteiger partial charge in [0.05, 0.1) is 6.61 Å². The molecule has 3 N–H and O–H groups in total. The van der Waals surface area contributed by atoms with E-state index in [1.165, 1.54) is 19.2 Å². The van der Waals surface area contributed by atoms with Gasteiger partial charge in [0.25, 0.3) is 0 Å². The highest BCUT2D eigenvalue weighted by Crippen LogP contribution is 2.20. The van der Waals surface area contributed by atoms with E-state index in [9.17, 15) is 9.18 Å². The summed E-state index contributed by atoms with van der Waals surface area (Å²) in [5.41, 5.74) is 6.55. The van der Waals surface area contributed by atoms with Crippen LogP contribution in [0, 0.1) is 5.82 Å². The van der Waals surface area contributed by atoms with Crippen LogP contribution in [0.2, 0.25) is 0 Å². The van der Waals surface area contributed by atoms with Gasteiger partial charge in [-0.25, -0.2) is 4.39 Å². The molecule has 0 radical (unpaired) electrons. The number of benzene rings is 1. The average molecular weight is 295 g/mol. The van der Waals surface area contributed by atoms with Gasteiger partial charge in [-0.2, -0.15) is 0 Å². The lowest BCUT2D eigenvalue weighted by atomic mass is 10.0. The molecule has 1 aliphatic heterocycles. The fraction of sp³-hybridized carbons (Fsp3) is 0.533. The SMILES string of the molecule is COCC(N)C(=O)NC1CCCN(c2cccc(F)c2)C1. The molecule has 0 aromatic heterocycles. The zero-order valence-electron chi connectivity index (χ0n) is 12.2. The first kappa shape index (κ1) is 15.7. The quantitative estimate of drug-likeness (QED) is 0.846. The van der Waals surface area contributed by atoms with Crippen LogP contribution in [0.3, 0.4) is 0 Å². The molecule has 116 valence electrons. The number of anilines is 1. The maximum atomic E-state index is 13.3. The number of nitrogens with one attached hydrogen (secondary N) is 1. The van der Waals surface area contributed by atoms with Crippen LogP contribution >= 0.6 is 0 Å². The molecular weight excluding hydrogens is 273 g/mol. The highest BCUT2D eigenvalue weighted by molar-refractivity contribution is 5.82. The summed E-state index contributed by atoms with van der Waals surface area (Å²) in [6.07, 6.45) is 1.85. The van der Waals surface area contributed by atoms with Gasteiger partial charge in [0.2, 0.25) is 5.91 Å². The summed E-state index contributed by atoms with van der Waals surface area (Å²) in [4.78, 5) is 14.0. The molecule has 2 atom stereocenters. The van der Waals surface area contributed by atoms with Crippen molar-refractivity contribution < 1.29 is 13.9 Å². The molecule has 0 bridgehead atoms. The van der Waals surface area contributed by atoms with E-state index in [-0.39, 0.29) is 24.4 Å². The van der Waals surface area contributed by atoms with Gasteiger partial charge in [0, 0.05) is 31.9 Å². The highest BCUT2D eigenvalue weighted by Gasteiger charge is 2.23. The monoisotopic (exact) mass is 295 g/mol. The molecule has 0 aliphatic carbocycles. The van der Waals surface area contributed by atoms with Crippen LogP contribution in [0.15, 0.2) is 24.3 Å². The van der Waals surface area contributed by atoms with E-state index in [1.807, 2.05) is 6.07 Å². The van der Waals surface area contributed by atoms with Crippen LogP contribution in [0.1, 0.15) is 12.8 Å². The van der Waals surface area contributed by atoms with Crippen molar-refractivity contribution in [2.75, 3.05) is 31.7 Å². The Morgan fingerprint density at radius 3 is 3.14 bits per heavy atom. The third-order valence-electron chi connectivity index (χ3n) is 3.62. The molecule has 1 amide bonds. The van der Waals surface area contributed by atoms with Gasteiger partial charge in [0.1, 0.15) is 11.9 Å². The zero-order chi connectivity index (χ0) is 15.2. The minimum atomic E-state index is -0.653. The lowest BCUT2D eigenvalue weighted by Crippen LogP contribution is -2.53. The lowest BCUT2D eigenvalue weighted by molar-refractivity contribution is -0.124. The summed E-state index contributed by atoms with van der Waals surface area (Å²) < 4.78 is 18.2. The first-order valence-electron chi connectivity index (χ1n) is 7.15. The number of nitrogens with two attached hydrogens (primary N) is 1. The van der Waals surface area contributed by atoms with Crippen LogP contribution in [0.4, 0.5) is 10.1 Å². The number of carbonyl (C=O) groups excluding carboxylic acids is 1. The normalized spacial score (nSPS) is 20.1. The smallest absolute Gasteiger partial charge is 0.239 e. The fourth-order valence-corrected chi connectivity index (χ4v) is 2.57. The second-order valence-corrected chi connectivity index (χ2v) is 5.34. The Balaban J connectivity index is 1.93. The van der Waals surface area contributed by atoms with E-state index >= 15 is 0 Å². The number of hydrogen-bond donors (Lipinski definition) is 2. The summed E-state index contributed by atoms with van der Waals surface area (Å²) in [7, 11) is 1.51. The second kappa shape index (κ2) is 7.38. The molecule has 21 heavy (non-hydrogen) atoms. The van der Waals surface area contributed by atoms with Gasteiger partial charge in [-0.05, 0) is 31.0 Å². The second-order valence-electron chi connectivity index (χ2n) is 5.34. The van der Waals surface area contributed by atoms with E-state index in [2.05, 4.69) is 10.2 Å². The summed E-state index contributed by atoms with van der Waals surface area (Å²) in [6.45, 7) is 1.72. The Bertz CT molecular complexity index is 484. The van der Waals surface area contributed by atoms with E-state index in [4.69, 9.17) is 10.5 Å². The van der Waals surface area contributed by atoms with Crippen molar-refractivity contribution >= 4 is 11.6 Å². The molecule has 2 rings (SSSR count). The minimum absolute atomic E-state index is 0.0254. The molecule has 1 fully saturated rings. The maximum absolute atomic E-state index is 13.3. The van der Waals surface area contributed by atoms with Gasteiger partial charge >= 0.3 is 0 Å². The summed E-state index contributed by atoms with van der Waals surface area (Å²) in [5, 5.41) is 2.94. The Morgan fingerprint density at radius 1 is 1.62 bits per heavy atom. The van der Waals surface area contributed by atoms with Crippen LogP contribution in [-0.4, -0.2) is 44.8 Å². The van der Waals surface area contributed by atoms with Crippen molar-refractivity contribution in [3.05, 3.63) is 30.1 Å². The van der Waals surface area contributed by atoms with Gasteiger partial charge < -0.3 is 20.7 Å². The van der Waals surface area contributed by atoms with Crippen LogP contribution in [-0.2, 0) is 9.53 Å². The minimum Gasteiger partial charge on any atom is -0.383 e. The predicted molar refractivity (Wildman–Crippen MR) is 79.6 cm³/mol. The van der Waals surface area contributed by atoms with Crippen LogP contribution < -0.4 is 16.0 Å². The van der Waals surface area contributed by atoms with E-state index < -0.39 is 6.04 Å². The van der Waals surface area contributed by atoms with E-state index in [0.717, 1.165) is 25.1 Å².